The Labute approximate surface area is 107 Å². The Balaban J connectivity index is 2.34. The number of nitrogens with zero attached hydrogens (tertiary/aromatic N) is 1. The van der Waals surface area contributed by atoms with Crippen LogP contribution < -0.4 is 4.74 Å². The lowest BCUT2D eigenvalue weighted by atomic mass is 10.2. The van der Waals surface area contributed by atoms with Gasteiger partial charge in [0.15, 0.2) is 0 Å². The summed E-state index contributed by atoms with van der Waals surface area (Å²) >= 11 is 5.78. The fourth-order valence-electron chi connectivity index (χ4n) is 1.27. The van der Waals surface area contributed by atoms with Gasteiger partial charge in [-0.05, 0) is 24.6 Å². The van der Waals surface area contributed by atoms with E-state index in [2.05, 4.69) is 6.92 Å². The number of nitriles is 1. The molecule has 1 rings (SSSR count). The van der Waals surface area contributed by atoms with Crippen molar-refractivity contribution in [2.45, 2.75) is 19.8 Å². The first-order valence-corrected chi connectivity index (χ1v) is 6.06. The highest BCUT2D eigenvalue weighted by molar-refractivity contribution is 6.30. The predicted octanol–water partition coefficient (Wildman–Crippen LogP) is 3.41. The van der Waals surface area contributed by atoms with Gasteiger partial charge >= 0.3 is 0 Å². The van der Waals surface area contributed by atoms with E-state index < -0.39 is 0 Å². The lowest BCUT2D eigenvalue weighted by molar-refractivity contribution is 0.0980. The molecule has 4 heteroatoms. The summed E-state index contributed by atoms with van der Waals surface area (Å²) in [7, 11) is 0. The third kappa shape index (κ3) is 5.08. The van der Waals surface area contributed by atoms with Gasteiger partial charge in [-0.1, -0.05) is 24.9 Å². The van der Waals surface area contributed by atoms with E-state index in [1.54, 1.807) is 18.2 Å². The normalized spacial score (nSPS) is 9.94. The van der Waals surface area contributed by atoms with Crippen molar-refractivity contribution in [1.29, 1.82) is 5.26 Å². The van der Waals surface area contributed by atoms with Gasteiger partial charge in [0.05, 0.1) is 12.2 Å². The molecule has 0 unspecified atom stereocenters. The van der Waals surface area contributed by atoms with Crippen LogP contribution in [0.1, 0.15) is 25.3 Å². The minimum Gasteiger partial charge on any atom is -0.490 e. The minimum atomic E-state index is 0.444. The fourth-order valence-corrected chi connectivity index (χ4v) is 1.45. The summed E-state index contributed by atoms with van der Waals surface area (Å²) < 4.78 is 10.8. The van der Waals surface area contributed by atoms with E-state index in [0.717, 1.165) is 19.4 Å². The molecule has 0 aliphatic rings. The van der Waals surface area contributed by atoms with Crippen LogP contribution in [0.25, 0.3) is 0 Å². The van der Waals surface area contributed by atoms with Gasteiger partial charge in [-0.2, -0.15) is 5.26 Å². The van der Waals surface area contributed by atoms with Gasteiger partial charge in [0.1, 0.15) is 18.4 Å². The van der Waals surface area contributed by atoms with Gasteiger partial charge in [-0.15, -0.1) is 0 Å². The molecule has 0 bridgehead atoms. The summed E-state index contributed by atoms with van der Waals surface area (Å²) in [5, 5.41) is 9.43. The molecule has 3 nitrogen and oxygen atoms in total. The van der Waals surface area contributed by atoms with Crippen molar-refractivity contribution in [2.24, 2.45) is 0 Å². The van der Waals surface area contributed by atoms with E-state index >= 15 is 0 Å². The molecule has 0 aromatic heterocycles. The van der Waals surface area contributed by atoms with Crippen molar-refractivity contribution in [3.63, 3.8) is 0 Å². The van der Waals surface area contributed by atoms with E-state index in [0.29, 0.717) is 29.5 Å². The van der Waals surface area contributed by atoms with Crippen LogP contribution in [0.5, 0.6) is 5.75 Å². The topological polar surface area (TPSA) is 42.2 Å². The first-order chi connectivity index (χ1) is 8.27. The second kappa shape index (κ2) is 7.94. The van der Waals surface area contributed by atoms with Gasteiger partial charge in [0.2, 0.25) is 0 Å². The van der Waals surface area contributed by atoms with Crippen LogP contribution in [-0.4, -0.2) is 19.8 Å². The van der Waals surface area contributed by atoms with E-state index in [1.165, 1.54) is 0 Å². The number of hydrogen-bond acceptors (Lipinski definition) is 3. The molecule has 0 heterocycles. The molecule has 0 saturated carbocycles. The van der Waals surface area contributed by atoms with Crippen molar-refractivity contribution in [3.05, 3.63) is 28.8 Å². The summed E-state index contributed by atoms with van der Waals surface area (Å²) in [6.07, 6.45) is 2.18. The monoisotopic (exact) mass is 253 g/mol. The van der Waals surface area contributed by atoms with Crippen molar-refractivity contribution < 1.29 is 9.47 Å². The first-order valence-electron chi connectivity index (χ1n) is 5.68. The van der Waals surface area contributed by atoms with Crippen LogP contribution in [0, 0.1) is 11.3 Å². The fraction of sp³-hybridized carbons (Fsp3) is 0.462. The minimum absolute atomic E-state index is 0.444. The average molecular weight is 254 g/mol. The Morgan fingerprint density at radius 3 is 2.82 bits per heavy atom. The first kappa shape index (κ1) is 13.8. The number of rotatable bonds is 7. The average Bonchev–Trinajstić information content (AvgIpc) is 2.35. The van der Waals surface area contributed by atoms with Gasteiger partial charge < -0.3 is 9.47 Å². The summed E-state index contributed by atoms with van der Waals surface area (Å²) in [6, 6.07) is 7.04. The van der Waals surface area contributed by atoms with Crippen molar-refractivity contribution in [3.8, 4) is 11.8 Å². The summed E-state index contributed by atoms with van der Waals surface area (Å²) in [4.78, 5) is 0. The van der Waals surface area contributed by atoms with E-state index in [-0.39, 0.29) is 0 Å². The summed E-state index contributed by atoms with van der Waals surface area (Å²) in [5.41, 5.74) is 0.450. The number of ether oxygens (including phenoxy) is 2. The molecular formula is C13H16ClNO2. The van der Waals surface area contributed by atoms with Crippen molar-refractivity contribution in [2.75, 3.05) is 19.8 Å². The van der Waals surface area contributed by atoms with Crippen LogP contribution in [0.3, 0.4) is 0 Å². The summed E-state index contributed by atoms with van der Waals surface area (Å²) in [6.45, 7) is 3.85. The molecule has 92 valence electrons. The number of halogens is 1. The Kier molecular flexibility index (Phi) is 6.46. The molecule has 0 aliphatic heterocycles. The molecule has 0 N–H and O–H groups in total. The standard InChI is InChI=1S/C13H16ClNO2/c1-2-3-6-16-7-8-17-13-5-4-12(14)9-11(13)10-15/h4-5,9H,2-3,6-8H2,1H3. The Hall–Kier alpha value is -1.24. The zero-order valence-electron chi connectivity index (χ0n) is 9.91. The smallest absolute Gasteiger partial charge is 0.137 e. The van der Waals surface area contributed by atoms with Crippen LogP contribution in [0.15, 0.2) is 18.2 Å². The molecule has 0 spiro atoms. The molecule has 1 aromatic carbocycles. The molecule has 0 amide bonds. The SMILES string of the molecule is CCCCOCCOc1ccc(Cl)cc1C#N. The number of benzene rings is 1. The maximum Gasteiger partial charge on any atom is 0.137 e. The molecule has 1 aromatic rings. The van der Waals surface area contributed by atoms with Crippen LogP contribution >= 0.6 is 11.6 Å². The van der Waals surface area contributed by atoms with Gasteiger partial charge in [0, 0.05) is 11.6 Å². The Morgan fingerprint density at radius 1 is 1.29 bits per heavy atom. The predicted molar refractivity (Wildman–Crippen MR) is 67.4 cm³/mol. The quantitative estimate of drug-likeness (QED) is 0.700. The second-order valence-corrected chi connectivity index (χ2v) is 4.00. The molecular weight excluding hydrogens is 238 g/mol. The van der Waals surface area contributed by atoms with Crippen LogP contribution in [0.4, 0.5) is 0 Å². The van der Waals surface area contributed by atoms with Gasteiger partial charge in [0.25, 0.3) is 0 Å². The third-order valence-corrected chi connectivity index (χ3v) is 2.42. The maximum atomic E-state index is 8.90. The second-order valence-electron chi connectivity index (χ2n) is 3.57. The molecule has 0 radical (unpaired) electrons. The number of hydrogen-bond donors (Lipinski definition) is 0. The lowest BCUT2D eigenvalue weighted by Crippen LogP contribution is -2.08. The highest BCUT2D eigenvalue weighted by Gasteiger charge is 2.03. The zero-order valence-corrected chi connectivity index (χ0v) is 10.7. The third-order valence-electron chi connectivity index (χ3n) is 2.19. The molecule has 0 fully saturated rings. The lowest BCUT2D eigenvalue weighted by Gasteiger charge is -2.08. The van der Waals surface area contributed by atoms with Gasteiger partial charge in [-0.25, -0.2) is 0 Å². The maximum absolute atomic E-state index is 8.90. The van der Waals surface area contributed by atoms with Gasteiger partial charge in [-0.3, -0.25) is 0 Å². The van der Waals surface area contributed by atoms with Crippen LogP contribution in [0.2, 0.25) is 5.02 Å². The molecule has 17 heavy (non-hydrogen) atoms. The van der Waals surface area contributed by atoms with Crippen LogP contribution in [-0.2, 0) is 4.74 Å². The zero-order chi connectivity index (χ0) is 12.5. The van der Waals surface area contributed by atoms with E-state index in [4.69, 9.17) is 26.3 Å². The number of unbranched alkanes of at least 4 members (excludes halogenated alkanes) is 1. The summed E-state index contributed by atoms with van der Waals surface area (Å²) in [5.74, 6) is 0.552. The van der Waals surface area contributed by atoms with Crippen molar-refractivity contribution >= 4 is 11.6 Å². The highest BCUT2D eigenvalue weighted by atomic mass is 35.5. The largest absolute Gasteiger partial charge is 0.490 e. The Morgan fingerprint density at radius 2 is 2.12 bits per heavy atom. The molecule has 0 atom stereocenters. The molecule has 0 aliphatic carbocycles. The van der Waals surface area contributed by atoms with Crippen molar-refractivity contribution in [1.82, 2.24) is 0 Å². The van der Waals surface area contributed by atoms with E-state index in [9.17, 15) is 0 Å². The molecule has 0 saturated heterocycles. The highest BCUT2D eigenvalue weighted by Crippen LogP contribution is 2.21. The Bertz CT molecular complexity index is 387. The van der Waals surface area contributed by atoms with E-state index in [1.807, 2.05) is 6.07 Å².